The van der Waals surface area contributed by atoms with E-state index >= 15 is 0 Å². The maximum atomic E-state index is 2.40. The zero-order valence-electron chi connectivity index (χ0n) is 17.6. The third-order valence-corrected chi connectivity index (χ3v) is 4.99. The van der Waals surface area contributed by atoms with Crippen LogP contribution in [0.2, 0.25) is 0 Å². The highest BCUT2D eigenvalue weighted by Gasteiger charge is 2.22. The van der Waals surface area contributed by atoms with Gasteiger partial charge in [-0.1, -0.05) is 85.9 Å². The van der Waals surface area contributed by atoms with Gasteiger partial charge in [-0.2, -0.15) is 0 Å². The molecule has 2 atom stereocenters. The molecule has 0 aromatic heterocycles. The van der Waals surface area contributed by atoms with Crippen LogP contribution in [0.3, 0.4) is 0 Å². The zero-order chi connectivity index (χ0) is 18.2. The fourth-order valence-corrected chi connectivity index (χ4v) is 2.75. The summed E-state index contributed by atoms with van der Waals surface area (Å²) in [4.78, 5) is 0. The third kappa shape index (κ3) is 10.6. The van der Waals surface area contributed by atoms with Gasteiger partial charge in [0.1, 0.15) is 0 Å². The van der Waals surface area contributed by atoms with Gasteiger partial charge in [0.05, 0.1) is 0 Å². The molecule has 2 rings (SSSR count). The summed E-state index contributed by atoms with van der Waals surface area (Å²) in [5.74, 6) is 2.93. The lowest BCUT2D eigenvalue weighted by molar-refractivity contribution is 0.197. The van der Waals surface area contributed by atoms with Crippen molar-refractivity contribution in [3.8, 4) is 0 Å². The molecule has 1 aliphatic rings. The predicted octanol–water partition coefficient (Wildman–Crippen LogP) is 7.74. The third-order valence-electron chi connectivity index (χ3n) is 4.99. The van der Waals surface area contributed by atoms with Gasteiger partial charge in [-0.05, 0) is 60.6 Å². The lowest BCUT2D eigenvalue weighted by atomic mass is 9.75. The minimum Gasteiger partial charge on any atom is -0.0622 e. The van der Waals surface area contributed by atoms with Crippen molar-refractivity contribution in [2.75, 3.05) is 0 Å². The van der Waals surface area contributed by atoms with Gasteiger partial charge in [-0.15, -0.1) is 0 Å². The zero-order valence-corrected chi connectivity index (χ0v) is 17.6. The highest BCUT2D eigenvalue weighted by Crippen LogP contribution is 2.33. The summed E-state index contributed by atoms with van der Waals surface area (Å²) in [6, 6.07) is 6.38. The summed E-state index contributed by atoms with van der Waals surface area (Å²) >= 11 is 0. The van der Waals surface area contributed by atoms with Crippen LogP contribution in [0.4, 0.5) is 0 Å². The smallest absolute Gasteiger partial charge is 0.0391 e. The SMILES string of the molecule is CC(C)(C)C.CC1CCCC(C)C1C.Cc1cccc(C)c1C. The van der Waals surface area contributed by atoms with Crippen LogP contribution in [0.25, 0.3) is 0 Å². The van der Waals surface area contributed by atoms with Gasteiger partial charge in [0.2, 0.25) is 0 Å². The van der Waals surface area contributed by atoms with E-state index in [0.29, 0.717) is 5.41 Å². The molecule has 0 spiro atoms. The predicted molar refractivity (Wildman–Crippen MR) is 107 cm³/mol. The molecule has 1 fully saturated rings. The molecular weight excluding hydrogens is 276 g/mol. The van der Waals surface area contributed by atoms with E-state index in [9.17, 15) is 0 Å². The first kappa shape index (κ1) is 22.2. The van der Waals surface area contributed by atoms with Crippen molar-refractivity contribution in [2.24, 2.45) is 23.2 Å². The van der Waals surface area contributed by atoms with E-state index in [-0.39, 0.29) is 0 Å². The van der Waals surface area contributed by atoms with Crippen LogP contribution in [0.5, 0.6) is 0 Å². The second-order valence-electron chi connectivity index (χ2n) is 9.26. The van der Waals surface area contributed by atoms with Crippen LogP contribution < -0.4 is 0 Å². The Kier molecular flexibility index (Phi) is 9.82. The van der Waals surface area contributed by atoms with E-state index in [0.717, 1.165) is 17.8 Å². The van der Waals surface area contributed by atoms with Crippen molar-refractivity contribution in [3.05, 3.63) is 34.9 Å². The first-order chi connectivity index (χ1) is 10.4. The molecule has 1 aromatic rings. The number of benzene rings is 1. The lowest BCUT2D eigenvalue weighted by Gasteiger charge is -2.31. The van der Waals surface area contributed by atoms with Crippen molar-refractivity contribution >= 4 is 0 Å². The summed E-state index contributed by atoms with van der Waals surface area (Å²) in [6.45, 7) is 22.4. The number of rotatable bonds is 0. The molecule has 0 heteroatoms. The van der Waals surface area contributed by atoms with Gasteiger partial charge in [0.15, 0.2) is 0 Å². The molecular formula is C23H42. The Balaban J connectivity index is 0.000000332. The van der Waals surface area contributed by atoms with Gasteiger partial charge in [-0.25, -0.2) is 0 Å². The molecule has 0 radical (unpaired) electrons. The molecule has 1 saturated carbocycles. The Morgan fingerprint density at radius 2 is 1.13 bits per heavy atom. The Labute approximate surface area is 147 Å². The van der Waals surface area contributed by atoms with Gasteiger partial charge < -0.3 is 0 Å². The van der Waals surface area contributed by atoms with E-state index in [1.54, 1.807) is 0 Å². The van der Waals surface area contributed by atoms with Crippen molar-refractivity contribution in [3.63, 3.8) is 0 Å². The molecule has 0 saturated heterocycles. The quantitative estimate of drug-likeness (QED) is 0.459. The summed E-state index contributed by atoms with van der Waals surface area (Å²) in [5.41, 5.74) is 4.68. The van der Waals surface area contributed by atoms with Crippen LogP contribution in [0.1, 0.15) is 84.4 Å². The minimum absolute atomic E-state index is 0.500. The average molecular weight is 319 g/mol. The van der Waals surface area contributed by atoms with E-state index < -0.39 is 0 Å². The standard InChI is InChI=1S/C9H18.C9H12.C5H12/c2*1-7-5-4-6-8(2)9(7)3;1-5(2,3)4/h7-9H,4-6H2,1-3H3;4-6H,1-3H3;1-4H3. The molecule has 23 heavy (non-hydrogen) atoms. The van der Waals surface area contributed by atoms with Gasteiger partial charge in [0.25, 0.3) is 0 Å². The molecule has 1 aliphatic carbocycles. The topological polar surface area (TPSA) is 0 Å². The number of hydrogen-bond acceptors (Lipinski definition) is 0. The van der Waals surface area contributed by atoms with E-state index in [4.69, 9.17) is 0 Å². The molecule has 0 heterocycles. The van der Waals surface area contributed by atoms with Crippen LogP contribution in [0.15, 0.2) is 18.2 Å². The molecule has 0 nitrogen and oxygen atoms in total. The maximum Gasteiger partial charge on any atom is -0.0391 e. The Morgan fingerprint density at radius 1 is 0.783 bits per heavy atom. The van der Waals surface area contributed by atoms with E-state index in [1.807, 2.05) is 0 Å². The van der Waals surface area contributed by atoms with E-state index in [1.165, 1.54) is 36.0 Å². The Morgan fingerprint density at radius 3 is 1.39 bits per heavy atom. The fraction of sp³-hybridized carbons (Fsp3) is 0.739. The highest BCUT2D eigenvalue weighted by molar-refractivity contribution is 5.31. The first-order valence-electron chi connectivity index (χ1n) is 9.46. The largest absolute Gasteiger partial charge is 0.0622 e. The second kappa shape index (κ2) is 10.2. The fourth-order valence-electron chi connectivity index (χ4n) is 2.75. The van der Waals surface area contributed by atoms with Gasteiger partial charge in [-0.3, -0.25) is 0 Å². The molecule has 0 aliphatic heterocycles. The van der Waals surface area contributed by atoms with Gasteiger partial charge in [0, 0.05) is 0 Å². The van der Waals surface area contributed by atoms with Crippen molar-refractivity contribution in [1.82, 2.24) is 0 Å². The first-order valence-corrected chi connectivity index (χ1v) is 9.46. The Bertz CT molecular complexity index is 400. The minimum atomic E-state index is 0.500. The molecule has 0 bridgehead atoms. The normalized spacial score (nSPS) is 24.0. The van der Waals surface area contributed by atoms with Gasteiger partial charge >= 0.3 is 0 Å². The molecule has 1 aromatic carbocycles. The summed E-state index contributed by atoms with van der Waals surface area (Å²) in [6.07, 6.45) is 4.39. The van der Waals surface area contributed by atoms with Crippen LogP contribution in [0, 0.1) is 43.9 Å². The monoisotopic (exact) mass is 318 g/mol. The summed E-state index contributed by atoms with van der Waals surface area (Å²) in [7, 11) is 0. The van der Waals surface area contributed by atoms with Crippen molar-refractivity contribution < 1.29 is 0 Å². The van der Waals surface area contributed by atoms with E-state index in [2.05, 4.69) is 87.4 Å². The van der Waals surface area contributed by atoms with Crippen LogP contribution in [-0.2, 0) is 0 Å². The molecule has 134 valence electrons. The summed E-state index contributed by atoms with van der Waals surface area (Å²) in [5, 5.41) is 0. The van der Waals surface area contributed by atoms with Crippen molar-refractivity contribution in [2.45, 2.75) is 88.5 Å². The number of hydrogen-bond donors (Lipinski definition) is 0. The summed E-state index contributed by atoms with van der Waals surface area (Å²) < 4.78 is 0. The molecule has 0 N–H and O–H groups in total. The second-order valence-corrected chi connectivity index (χ2v) is 9.26. The molecule has 0 amide bonds. The maximum absolute atomic E-state index is 2.40. The van der Waals surface area contributed by atoms with Crippen molar-refractivity contribution in [1.29, 1.82) is 0 Å². The number of aryl methyl sites for hydroxylation is 2. The Hall–Kier alpha value is -0.780. The van der Waals surface area contributed by atoms with Crippen LogP contribution >= 0.6 is 0 Å². The average Bonchev–Trinajstić information content (AvgIpc) is 2.41. The lowest BCUT2D eigenvalue weighted by Crippen LogP contribution is -2.21. The van der Waals surface area contributed by atoms with Crippen LogP contribution in [-0.4, -0.2) is 0 Å². The highest BCUT2D eigenvalue weighted by atomic mass is 14.3. The molecule has 2 unspecified atom stereocenters.